The molecule has 1 aliphatic carbocycles. The lowest BCUT2D eigenvalue weighted by Crippen LogP contribution is -2.56. The maximum Gasteiger partial charge on any atom is 0.328 e. The molecule has 1 saturated carbocycles. The Bertz CT molecular complexity index is 687. The summed E-state index contributed by atoms with van der Waals surface area (Å²) in [5.74, 6) is 0.590. The molecule has 3 rings (SSSR count). The highest BCUT2D eigenvalue weighted by atomic mass is 16.3. The minimum Gasteiger partial charge on any atom is -0.386 e. The van der Waals surface area contributed by atoms with Gasteiger partial charge in [0.05, 0.1) is 12.6 Å². The van der Waals surface area contributed by atoms with E-state index in [9.17, 15) is 19.5 Å². The number of aromatic amines is 1. The predicted molar refractivity (Wildman–Crippen MR) is 79.5 cm³/mol. The standard InChI is InChI=1S/C15H21N3O4/c1-15(22)9-17(13(20)8-10-2-3-10)6-4-11(15)18-7-5-12(19)16-14(18)21/h5,7,10-11,22H,2-4,6,8-9H2,1H3,(H,16,19,21)/t11-,15-/m1/s1. The molecule has 0 radical (unpaired) electrons. The lowest BCUT2D eigenvalue weighted by molar-refractivity contribution is -0.141. The van der Waals surface area contributed by atoms with Gasteiger partial charge in [-0.05, 0) is 32.1 Å². The van der Waals surface area contributed by atoms with Gasteiger partial charge in [0.15, 0.2) is 0 Å². The highest BCUT2D eigenvalue weighted by molar-refractivity contribution is 5.77. The number of piperidine rings is 1. The molecule has 1 aromatic rings. The van der Waals surface area contributed by atoms with Crippen LogP contribution in [0.3, 0.4) is 0 Å². The first-order valence-corrected chi connectivity index (χ1v) is 7.68. The average Bonchev–Trinajstić information content (AvgIpc) is 3.22. The van der Waals surface area contributed by atoms with Crippen LogP contribution in [0, 0.1) is 5.92 Å². The molecule has 7 heteroatoms. The van der Waals surface area contributed by atoms with Crippen LogP contribution in [0.1, 0.15) is 38.6 Å². The van der Waals surface area contributed by atoms with Crippen molar-refractivity contribution in [3.05, 3.63) is 33.1 Å². The summed E-state index contributed by atoms with van der Waals surface area (Å²) in [6, 6.07) is 0.809. The van der Waals surface area contributed by atoms with Gasteiger partial charge in [-0.2, -0.15) is 0 Å². The molecule has 1 aromatic heterocycles. The first-order valence-electron chi connectivity index (χ1n) is 7.68. The molecule has 1 saturated heterocycles. The van der Waals surface area contributed by atoms with Gasteiger partial charge in [0.2, 0.25) is 5.91 Å². The monoisotopic (exact) mass is 307 g/mol. The molecule has 7 nitrogen and oxygen atoms in total. The van der Waals surface area contributed by atoms with Crippen molar-refractivity contribution < 1.29 is 9.90 Å². The average molecular weight is 307 g/mol. The smallest absolute Gasteiger partial charge is 0.328 e. The number of H-pyrrole nitrogens is 1. The van der Waals surface area contributed by atoms with E-state index in [0.29, 0.717) is 25.3 Å². The molecule has 1 aliphatic heterocycles. The van der Waals surface area contributed by atoms with E-state index < -0.39 is 22.9 Å². The van der Waals surface area contributed by atoms with E-state index in [1.807, 2.05) is 0 Å². The Hall–Kier alpha value is -1.89. The zero-order valence-electron chi connectivity index (χ0n) is 12.6. The van der Waals surface area contributed by atoms with E-state index >= 15 is 0 Å². The maximum atomic E-state index is 12.2. The normalized spacial score (nSPS) is 28.6. The van der Waals surface area contributed by atoms with Gasteiger partial charge in [-0.3, -0.25) is 19.1 Å². The summed E-state index contributed by atoms with van der Waals surface area (Å²) in [4.78, 5) is 39.1. The fourth-order valence-corrected chi connectivity index (χ4v) is 3.18. The van der Waals surface area contributed by atoms with Gasteiger partial charge < -0.3 is 10.0 Å². The Kier molecular flexibility index (Phi) is 3.68. The van der Waals surface area contributed by atoms with Crippen LogP contribution >= 0.6 is 0 Å². The zero-order valence-corrected chi connectivity index (χ0v) is 12.6. The molecule has 2 atom stereocenters. The largest absolute Gasteiger partial charge is 0.386 e. The van der Waals surface area contributed by atoms with Gasteiger partial charge in [-0.25, -0.2) is 4.79 Å². The van der Waals surface area contributed by atoms with Gasteiger partial charge in [-0.15, -0.1) is 0 Å². The number of aromatic nitrogens is 2. The fourth-order valence-electron chi connectivity index (χ4n) is 3.18. The van der Waals surface area contributed by atoms with E-state index in [-0.39, 0.29) is 12.5 Å². The van der Waals surface area contributed by atoms with E-state index in [1.165, 1.54) is 16.8 Å². The van der Waals surface area contributed by atoms with Gasteiger partial charge >= 0.3 is 5.69 Å². The molecule has 2 fully saturated rings. The molecular formula is C15H21N3O4. The van der Waals surface area contributed by atoms with Crippen LogP contribution < -0.4 is 11.2 Å². The second-order valence-corrected chi connectivity index (χ2v) is 6.64. The minimum atomic E-state index is -1.21. The number of amides is 1. The number of hydrogen-bond donors (Lipinski definition) is 2. The number of rotatable bonds is 3. The summed E-state index contributed by atoms with van der Waals surface area (Å²) >= 11 is 0. The third-order valence-electron chi connectivity index (χ3n) is 4.60. The predicted octanol–water partition coefficient (Wildman–Crippen LogP) is -0.139. The molecule has 0 bridgehead atoms. The molecule has 0 spiro atoms. The van der Waals surface area contributed by atoms with Crippen LogP contribution in [-0.4, -0.2) is 44.2 Å². The Morgan fingerprint density at radius 3 is 2.73 bits per heavy atom. The highest BCUT2D eigenvalue weighted by Crippen LogP contribution is 2.35. The minimum absolute atomic E-state index is 0.0787. The van der Waals surface area contributed by atoms with Gasteiger partial charge in [0, 0.05) is 25.2 Å². The number of hydrogen-bond acceptors (Lipinski definition) is 4. The lowest BCUT2D eigenvalue weighted by atomic mass is 9.88. The van der Waals surface area contributed by atoms with E-state index in [0.717, 1.165) is 12.8 Å². The Morgan fingerprint density at radius 2 is 2.14 bits per heavy atom. The second-order valence-electron chi connectivity index (χ2n) is 6.64. The van der Waals surface area contributed by atoms with Crippen molar-refractivity contribution in [3.63, 3.8) is 0 Å². The number of nitrogens with zero attached hydrogens (tertiary/aromatic N) is 2. The number of nitrogens with one attached hydrogen (secondary N) is 1. The Labute approximate surface area is 127 Å². The summed E-state index contributed by atoms with van der Waals surface area (Å²) < 4.78 is 1.35. The summed E-state index contributed by atoms with van der Waals surface area (Å²) in [5, 5.41) is 10.7. The maximum absolute atomic E-state index is 12.2. The SMILES string of the molecule is C[C@@]1(O)CN(C(=O)CC2CC2)CC[C@H]1n1ccc(=O)[nH]c1=O. The van der Waals surface area contributed by atoms with E-state index in [1.54, 1.807) is 11.8 Å². The molecule has 0 aromatic carbocycles. The van der Waals surface area contributed by atoms with Crippen molar-refractivity contribution in [2.75, 3.05) is 13.1 Å². The Balaban J connectivity index is 1.77. The van der Waals surface area contributed by atoms with Crippen molar-refractivity contribution in [3.8, 4) is 0 Å². The number of aliphatic hydroxyl groups is 1. The van der Waals surface area contributed by atoms with Crippen LogP contribution in [-0.2, 0) is 4.79 Å². The van der Waals surface area contributed by atoms with E-state index in [2.05, 4.69) is 4.98 Å². The van der Waals surface area contributed by atoms with Crippen LogP contribution in [0.2, 0.25) is 0 Å². The topological polar surface area (TPSA) is 95.4 Å². The molecule has 120 valence electrons. The summed E-state index contributed by atoms with van der Waals surface area (Å²) in [7, 11) is 0. The van der Waals surface area contributed by atoms with Crippen molar-refractivity contribution in [1.82, 2.24) is 14.5 Å². The number of likely N-dealkylation sites (tertiary alicyclic amines) is 1. The second kappa shape index (κ2) is 5.39. The van der Waals surface area contributed by atoms with Crippen LogP contribution in [0.5, 0.6) is 0 Å². The number of carbonyl (C=O) groups excluding carboxylic acids is 1. The van der Waals surface area contributed by atoms with E-state index in [4.69, 9.17) is 0 Å². The molecule has 22 heavy (non-hydrogen) atoms. The van der Waals surface area contributed by atoms with Crippen molar-refractivity contribution in [2.45, 2.75) is 44.2 Å². The molecule has 1 amide bonds. The molecule has 2 aliphatic rings. The van der Waals surface area contributed by atoms with Crippen LogP contribution in [0.25, 0.3) is 0 Å². The molecule has 2 heterocycles. The van der Waals surface area contributed by atoms with Crippen molar-refractivity contribution in [1.29, 1.82) is 0 Å². The first kappa shape index (κ1) is 15.0. The van der Waals surface area contributed by atoms with Gasteiger partial charge in [0.25, 0.3) is 5.56 Å². The quantitative estimate of drug-likeness (QED) is 0.812. The molecule has 2 N–H and O–H groups in total. The van der Waals surface area contributed by atoms with Crippen LogP contribution in [0.15, 0.2) is 21.9 Å². The lowest BCUT2D eigenvalue weighted by Gasteiger charge is -2.43. The fraction of sp³-hybridized carbons (Fsp3) is 0.667. The number of carbonyl (C=O) groups is 1. The Morgan fingerprint density at radius 1 is 1.41 bits per heavy atom. The van der Waals surface area contributed by atoms with Crippen molar-refractivity contribution in [2.24, 2.45) is 5.92 Å². The molecule has 0 unspecified atom stereocenters. The molecular weight excluding hydrogens is 286 g/mol. The highest BCUT2D eigenvalue weighted by Gasteiger charge is 2.41. The van der Waals surface area contributed by atoms with Crippen molar-refractivity contribution >= 4 is 5.91 Å². The van der Waals surface area contributed by atoms with Gasteiger partial charge in [0.1, 0.15) is 5.60 Å². The van der Waals surface area contributed by atoms with Crippen LogP contribution in [0.4, 0.5) is 0 Å². The number of β-amino-alcohol motifs (C(OH)–C–C–N with tert-alkyl or cyclic N) is 1. The third-order valence-corrected chi connectivity index (χ3v) is 4.60. The summed E-state index contributed by atoms with van der Waals surface area (Å²) in [5.41, 5.74) is -2.20. The van der Waals surface area contributed by atoms with Gasteiger partial charge in [-0.1, -0.05) is 0 Å². The zero-order chi connectivity index (χ0) is 15.9. The summed E-state index contributed by atoms with van der Waals surface area (Å²) in [6.07, 6.45) is 4.67. The summed E-state index contributed by atoms with van der Waals surface area (Å²) in [6.45, 7) is 2.35. The first-order chi connectivity index (χ1) is 10.4. The third kappa shape index (κ3) is 2.99.